The highest BCUT2D eigenvalue weighted by atomic mass is 16.5. The molecule has 0 aliphatic rings. The van der Waals surface area contributed by atoms with Gasteiger partial charge in [-0.1, -0.05) is 12.1 Å². The van der Waals surface area contributed by atoms with Crippen LogP contribution < -0.4 is 15.4 Å². The van der Waals surface area contributed by atoms with E-state index in [-0.39, 0.29) is 23.9 Å². The number of nitrogens with zero attached hydrogens (tertiary/aromatic N) is 2. The summed E-state index contributed by atoms with van der Waals surface area (Å²) in [7, 11) is 3.12. The van der Waals surface area contributed by atoms with Crippen molar-refractivity contribution in [1.82, 2.24) is 15.1 Å². The molecule has 0 atom stereocenters. The van der Waals surface area contributed by atoms with Crippen LogP contribution in [-0.4, -0.2) is 35.2 Å². The molecule has 23 heavy (non-hydrogen) atoms. The second-order valence-corrected chi connectivity index (χ2v) is 5.27. The molecule has 1 aromatic carbocycles. The first kappa shape index (κ1) is 16.5. The van der Waals surface area contributed by atoms with Crippen molar-refractivity contribution in [3.63, 3.8) is 0 Å². The Morgan fingerprint density at radius 2 is 2.04 bits per heavy atom. The summed E-state index contributed by atoms with van der Waals surface area (Å²) < 4.78 is 6.50. The van der Waals surface area contributed by atoms with Crippen LogP contribution in [0, 0.1) is 13.8 Å². The molecule has 0 saturated carbocycles. The average molecular weight is 316 g/mol. The molecule has 7 heteroatoms. The Kier molecular flexibility index (Phi) is 5.00. The fourth-order valence-corrected chi connectivity index (χ4v) is 2.10. The zero-order chi connectivity index (χ0) is 17.0. The highest BCUT2D eigenvalue weighted by Gasteiger charge is 2.17. The monoisotopic (exact) mass is 316 g/mol. The van der Waals surface area contributed by atoms with Gasteiger partial charge in [-0.3, -0.25) is 14.3 Å². The van der Waals surface area contributed by atoms with Crippen molar-refractivity contribution in [2.24, 2.45) is 7.05 Å². The molecule has 0 bridgehead atoms. The minimum absolute atomic E-state index is 0.135. The number of anilines is 1. The summed E-state index contributed by atoms with van der Waals surface area (Å²) in [6, 6.07) is 5.80. The van der Waals surface area contributed by atoms with E-state index >= 15 is 0 Å². The summed E-state index contributed by atoms with van der Waals surface area (Å²) in [5.74, 6) is -0.485. The Balaban J connectivity index is 1.96. The van der Waals surface area contributed by atoms with E-state index in [4.69, 9.17) is 4.74 Å². The summed E-state index contributed by atoms with van der Waals surface area (Å²) >= 11 is 0. The van der Waals surface area contributed by atoms with E-state index in [9.17, 15) is 9.59 Å². The van der Waals surface area contributed by atoms with Crippen LogP contribution in [0.5, 0.6) is 5.88 Å². The molecule has 2 N–H and O–H groups in total. The number of methoxy groups -OCH3 is 1. The molecule has 2 amide bonds. The third kappa shape index (κ3) is 4.09. The zero-order valence-electron chi connectivity index (χ0n) is 13.6. The number of nitrogens with one attached hydrogen (secondary N) is 2. The van der Waals surface area contributed by atoms with Crippen molar-refractivity contribution < 1.29 is 14.3 Å². The Hall–Kier alpha value is -2.83. The molecule has 7 nitrogen and oxygen atoms in total. The summed E-state index contributed by atoms with van der Waals surface area (Å²) in [4.78, 5) is 24.1. The van der Waals surface area contributed by atoms with E-state index in [1.807, 2.05) is 32.0 Å². The van der Waals surface area contributed by atoms with Gasteiger partial charge in [-0.25, -0.2) is 0 Å². The van der Waals surface area contributed by atoms with Crippen LogP contribution in [0.25, 0.3) is 0 Å². The van der Waals surface area contributed by atoms with Crippen LogP contribution in [0.3, 0.4) is 0 Å². The zero-order valence-corrected chi connectivity index (χ0v) is 13.6. The van der Waals surface area contributed by atoms with Gasteiger partial charge in [0.1, 0.15) is 5.56 Å². The first-order valence-electron chi connectivity index (χ1n) is 7.13. The van der Waals surface area contributed by atoms with Gasteiger partial charge >= 0.3 is 0 Å². The Morgan fingerprint density at radius 3 is 2.74 bits per heavy atom. The normalized spacial score (nSPS) is 10.3. The van der Waals surface area contributed by atoms with Crippen LogP contribution in [0.4, 0.5) is 5.69 Å². The summed E-state index contributed by atoms with van der Waals surface area (Å²) in [6.07, 6.45) is 1.54. The molecule has 0 aliphatic carbocycles. The van der Waals surface area contributed by atoms with Gasteiger partial charge in [0.2, 0.25) is 11.8 Å². The highest BCUT2D eigenvalue weighted by molar-refractivity contribution is 6.00. The quantitative estimate of drug-likeness (QED) is 0.873. The van der Waals surface area contributed by atoms with Crippen LogP contribution >= 0.6 is 0 Å². The lowest BCUT2D eigenvalue weighted by Gasteiger charge is -2.10. The number of ether oxygens (including phenoxy) is 1. The fraction of sp³-hybridized carbons (Fsp3) is 0.312. The minimum atomic E-state index is -0.411. The molecule has 0 radical (unpaired) electrons. The van der Waals surface area contributed by atoms with Gasteiger partial charge in [-0.05, 0) is 31.0 Å². The minimum Gasteiger partial charge on any atom is -0.479 e. The van der Waals surface area contributed by atoms with Crippen LogP contribution in [0.15, 0.2) is 24.4 Å². The van der Waals surface area contributed by atoms with Gasteiger partial charge in [0.05, 0.1) is 13.7 Å². The lowest BCUT2D eigenvalue weighted by molar-refractivity contribution is -0.115. The van der Waals surface area contributed by atoms with Crippen molar-refractivity contribution in [2.45, 2.75) is 13.8 Å². The smallest absolute Gasteiger partial charge is 0.258 e. The average Bonchev–Trinajstić information content (AvgIpc) is 2.89. The van der Waals surface area contributed by atoms with Crippen molar-refractivity contribution in [1.29, 1.82) is 0 Å². The van der Waals surface area contributed by atoms with Crippen molar-refractivity contribution in [3.8, 4) is 5.88 Å². The lowest BCUT2D eigenvalue weighted by atomic mass is 10.1. The van der Waals surface area contributed by atoms with Crippen molar-refractivity contribution in [3.05, 3.63) is 41.1 Å². The number of hydrogen-bond acceptors (Lipinski definition) is 4. The molecule has 0 spiro atoms. The molecule has 2 aromatic rings. The molecular weight excluding hydrogens is 296 g/mol. The van der Waals surface area contributed by atoms with Gasteiger partial charge in [0, 0.05) is 18.9 Å². The van der Waals surface area contributed by atoms with E-state index in [1.165, 1.54) is 18.0 Å². The maximum Gasteiger partial charge on any atom is 0.258 e. The van der Waals surface area contributed by atoms with Crippen LogP contribution in [0.1, 0.15) is 21.5 Å². The Bertz CT molecular complexity index is 737. The molecular formula is C16H20N4O3. The largest absolute Gasteiger partial charge is 0.479 e. The van der Waals surface area contributed by atoms with Gasteiger partial charge in [-0.15, -0.1) is 5.10 Å². The standard InChI is InChI=1S/C16H20N4O3/c1-10-5-6-11(2)13(7-10)18-14(21)8-17-15(22)12-9-20(3)19-16(12)23-4/h5-7,9H,8H2,1-4H3,(H,17,22)(H,18,21). The van der Waals surface area contributed by atoms with E-state index in [0.29, 0.717) is 0 Å². The number of hydrogen-bond donors (Lipinski definition) is 2. The van der Waals surface area contributed by atoms with Crippen molar-refractivity contribution in [2.75, 3.05) is 19.0 Å². The second kappa shape index (κ2) is 6.95. The highest BCUT2D eigenvalue weighted by Crippen LogP contribution is 2.16. The number of amides is 2. The van der Waals surface area contributed by atoms with Gasteiger partial charge in [-0.2, -0.15) is 0 Å². The predicted molar refractivity (Wildman–Crippen MR) is 86.6 cm³/mol. The first-order chi connectivity index (χ1) is 10.9. The summed E-state index contributed by atoms with van der Waals surface area (Å²) in [5, 5.41) is 9.34. The Labute approximate surface area is 134 Å². The van der Waals surface area contributed by atoms with Crippen molar-refractivity contribution >= 4 is 17.5 Å². The topological polar surface area (TPSA) is 85.2 Å². The molecule has 0 fully saturated rings. The third-order valence-corrected chi connectivity index (χ3v) is 3.31. The fourth-order valence-electron chi connectivity index (χ4n) is 2.10. The maximum atomic E-state index is 12.1. The SMILES string of the molecule is COc1nn(C)cc1C(=O)NCC(=O)Nc1cc(C)ccc1C. The number of aromatic nitrogens is 2. The Morgan fingerprint density at radius 1 is 1.30 bits per heavy atom. The van der Waals surface area contributed by atoms with E-state index in [1.54, 1.807) is 7.05 Å². The molecule has 1 heterocycles. The number of benzene rings is 1. The molecule has 0 aliphatic heterocycles. The number of rotatable bonds is 5. The van der Waals surface area contributed by atoms with E-state index in [0.717, 1.165) is 16.8 Å². The molecule has 2 rings (SSSR count). The van der Waals surface area contributed by atoms with Crippen LogP contribution in [-0.2, 0) is 11.8 Å². The maximum absolute atomic E-state index is 12.1. The second-order valence-electron chi connectivity index (χ2n) is 5.27. The predicted octanol–water partition coefficient (Wildman–Crippen LogP) is 1.41. The molecule has 0 unspecified atom stereocenters. The summed E-state index contributed by atoms with van der Waals surface area (Å²) in [5.41, 5.74) is 3.04. The van der Waals surface area contributed by atoms with E-state index < -0.39 is 5.91 Å². The van der Waals surface area contributed by atoms with Gasteiger partial charge in [0.15, 0.2) is 0 Å². The lowest BCUT2D eigenvalue weighted by Crippen LogP contribution is -2.33. The number of aryl methyl sites for hydroxylation is 3. The first-order valence-corrected chi connectivity index (χ1v) is 7.13. The molecule has 1 aromatic heterocycles. The summed E-state index contributed by atoms with van der Waals surface area (Å²) in [6.45, 7) is 3.73. The van der Waals surface area contributed by atoms with Crippen LogP contribution in [0.2, 0.25) is 0 Å². The number of carbonyl (C=O) groups is 2. The van der Waals surface area contributed by atoms with Gasteiger partial charge in [0.25, 0.3) is 5.91 Å². The van der Waals surface area contributed by atoms with E-state index in [2.05, 4.69) is 15.7 Å². The van der Waals surface area contributed by atoms with Gasteiger partial charge < -0.3 is 15.4 Å². The number of carbonyl (C=O) groups excluding carboxylic acids is 2. The molecule has 0 saturated heterocycles. The molecule has 122 valence electrons. The third-order valence-electron chi connectivity index (χ3n) is 3.31.